The summed E-state index contributed by atoms with van der Waals surface area (Å²) in [6.07, 6.45) is 4.93. The molecule has 1 amide bonds. The van der Waals surface area contributed by atoms with Gasteiger partial charge in [0.2, 0.25) is 0 Å². The average Bonchev–Trinajstić information content (AvgIpc) is 2.46. The molecule has 0 atom stereocenters. The zero-order valence-corrected chi connectivity index (χ0v) is 9.87. The molecule has 2 aromatic heterocycles. The van der Waals surface area contributed by atoms with Crippen molar-refractivity contribution < 1.29 is 4.79 Å². The third-order valence-electron chi connectivity index (χ3n) is 2.30. The summed E-state index contributed by atoms with van der Waals surface area (Å²) in [5, 5.41) is 4.01. The van der Waals surface area contributed by atoms with Crippen LogP contribution in [0.4, 0.5) is 0 Å². The van der Waals surface area contributed by atoms with Gasteiger partial charge in [0.25, 0.3) is 5.91 Å². The van der Waals surface area contributed by atoms with Gasteiger partial charge in [0.05, 0.1) is 5.71 Å². The van der Waals surface area contributed by atoms with Gasteiger partial charge in [0.1, 0.15) is 5.69 Å². The van der Waals surface area contributed by atoms with Crippen LogP contribution in [0.25, 0.3) is 0 Å². The fraction of sp³-hybridized carbons (Fsp3) is 0.0769. The molecule has 5 heteroatoms. The van der Waals surface area contributed by atoms with Crippen LogP contribution in [0.2, 0.25) is 0 Å². The zero-order chi connectivity index (χ0) is 12.8. The van der Waals surface area contributed by atoms with E-state index in [-0.39, 0.29) is 5.91 Å². The standard InChI is InChI=1S/C13H12N4O/c1-10(11-5-4-7-14-9-11)16-17-13(18)12-6-2-3-8-15-12/h2-9H,1H3,(H,17,18). The number of nitrogens with zero attached hydrogens (tertiary/aromatic N) is 3. The van der Waals surface area contributed by atoms with E-state index in [1.54, 1.807) is 43.7 Å². The van der Waals surface area contributed by atoms with Gasteiger partial charge >= 0.3 is 0 Å². The minimum absolute atomic E-state index is 0.334. The number of hydrogen-bond donors (Lipinski definition) is 1. The van der Waals surface area contributed by atoms with E-state index in [9.17, 15) is 4.79 Å². The average molecular weight is 240 g/mol. The van der Waals surface area contributed by atoms with Crippen LogP contribution < -0.4 is 5.43 Å². The maximum atomic E-state index is 11.7. The smallest absolute Gasteiger partial charge is 0.266 e. The molecule has 90 valence electrons. The number of hydrogen-bond acceptors (Lipinski definition) is 4. The summed E-state index contributed by atoms with van der Waals surface area (Å²) < 4.78 is 0. The number of nitrogens with one attached hydrogen (secondary N) is 1. The van der Waals surface area contributed by atoms with Gasteiger partial charge in [-0.05, 0) is 25.1 Å². The van der Waals surface area contributed by atoms with E-state index in [1.165, 1.54) is 0 Å². The Kier molecular flexibility index (Phi) is 3.76. The highest BCUT2D eigenvalue weighted by molar-refractivity contribution is 6.00. The summed E-state index contributed by atoms with van der Waals surface area (Å²) in [4.78, 5) is 19.6. The lowest BCUT2D eigenvalue weighted by Gasteiger charge is -2.01. The van der Waals surface area contributed by atoms with Gasteiger partial charge in [0, 0.05) is 24.2 Å². The molecule has 5 nitrogen and oxygen atoms in total. The summed E-state index contributed by atoms with van der Waals surface area (Å²) in [6, 6.07) is 8.82. The summed E-state index contributed by atoms with van der Waals surface area (Å²) in [6.45, 7) is 1.80. The maximum absolute atomic E-state index is 11.7. The first-order valence-electron chi connectivity index (χ1n) is 5.43. The largest absolute Gasteiger partial charge is 0.289 e. The fourth-order valence-electron chi connectivity index (χ4n) is 1.33. The Hall–Kier alpha value is -2.56. The minimum atomic E-state index is -0.334. The van der Waals surface area contributed by atoms with Crippen molar-refractivity contribution in [1.29, 1.82) is 0 Å². The Morgan fingerprint density at radius 2 is 2.11 bits per heavy atom. The maximum Gasteiger partial charge on any atom is 0.289 e. The fourth-order valence-corrected chi connectivity index (χ4v) is 1.33. The number of pyridine rings is 2. The third-order valence-corrected chi connectivity index (χ3v) is 2.30. The van der Waals surface area contributed by atoms with Crippen molar-refractivity contribution in [2.45, 2.75) is 6.92 Å². The van der Waals surface area contributed by atoms with Gasteiger partial charge in [-0.1, -0.05) is 12.1 Å². The van der Waals surface area contributed by atoms with Crippen LogP contribution in [0.1, 0.15) is 23.0 Å². The normalized spacial score (nSPS) is 11.1. The summed E-state index contributed by atoms with van der Waals surface area (Å²) in [5.41, 5.74) is 4.34. The van der Waals surface area contributed by atoms with E-state index in [2.05, 4.69) is 20.5 Å². The Balaban J connectivity index is 2.05. The Morgan fingerprint density at radius 1 is 1.22 bits per heavy atom. The van der Waals surface area contributed by atoms with Gasteiger partial charge in [-0.25, -0.2) is 5.43 Å². The van der Waals surface area contributed by atoms with E-state index >= 15 is 0 Å². The monoisotopic (exact) mass is 240 g/mol. The van der Waals surface area contributed by atoms with Gasteiger partial charge < -0.3 is 0 Å². The lowest BCUT2D eigenvalue weighted by atomic mass is 10.2. The van der Waals surface area contributed by atoms with Crippen LogP contribution >= 0.6 is 0 Å². The minimum Gasteiger partial charge on any atom is -0.266 e. The number of hydrazone groups is 1. The predicted octanol–water partition coefficient (Wildman–Crippen LogP) is 1.63. The molecule has 2 aromatic rings. The molecule has 0 fully saturated rings. The number of carbonyl (C=O) groups is 1. The van der Waals surface area contributed by atoms with E-state index in [0.717, 1.165) is 5.56 Å². The van der Waals surface area contributed by atoms with Crippen molar-refractivity contribution in [3.05, 3.63) is 60.2 Å². The molecule has 18 heavy (non-hydrogen) atoms. The van der Waals surface area contributed by atoms with Crippen molar-refractivity contribution in [3.8, 4) is 0 Å². The highest BCUT2D eigenvalue weighted by Gasteiger charge is 2.04. The molecular weight excluding hydrogens is 228 g/mol. The van der Waals surface area contributed by atoms with Gasteiger partial charge in [-0.15, -0.1) is 0 Å². The van der Waals surface area contributed by atoms with Crippen molar-refractivity contribution in [1.82, 2.24) is 15.4 Å². The van der Waals surface area contributed by atoms with Crippen molar-refractivity contribution in [2.24, 2.45) is 5.10 Å². The number of amides is 1. The molecule has 0 radical (unpaired) electrons. The van der Waals surface area contributed by atoms with Crippen LogP contribution in [0.3, 0.4) is 0 Å². The second kappa shape index (κ2) is 5.67. The lowest BCUT2D eigenvalue weighted by Crippen LogP contribution is -2.20. The van der Waals surface area contributed by atoms with Crippen LogP contribution in [0, 0.1) is 0 Å². The van der Waals surface area contributed by atoms with Crippen LogP contribution in [0.15, 0.2) is 54.0 Å². The van der Waals surface area contributed by atoms with Gasteiger partial charge in [-0.3, -0.25) is 14.8 Å². The first-order chi connectivity index (χ1) is 8.77. The molecule has 0 saturated carbocycles. The lowest BCUT2D eigenvalue weighted by molar-refractivity contribution is 0.0950. The second-order valence-corrected chi connectivity index (χ2v) is 3.59. The molecule has 0 aromatic carbocycles. The topological polar surface area (TPSA) is 67.2 Å². The van der Waals surface area contributed by atoms with Gasteiger partial charge in [0.15, 0.2) is 0 Å². The number of aromatic nitrogens is 2. The highest BCUT2D eigenvalue weighted by Crippen LogP contribution is 1.98. The number of carbonyl (C=O) groups excluding carboxylic acids is 1. The Labute approximate surface area is 105 Å². The quantitative estimate of drug-likeness (QED) is 0.655. The molecule has 0 unspecified atom stereocenters. The van der Waals surface area contributed by atoms with Crippen LogP contribution in [-0.4, -0.2) is 21.6 Å². The summed E-state index contributed by atoms with van der Waals surface area (Å²) in [7, 11) is 0. The van der Waals surface area contributed by atoms with Crippen LogP contribution in [0.5, 0.6) is 0 Å². The van der Waals surface area contributed by atoms with Crippen molar-refractivity contribution in [2.75, 3.05) is 0 Å². The molecule has 1 N–H and O–H groups in total. The van der Waals surface area contributed by atoms with E-state index < -0.39 is 0 Å². The molecule has 0 bridgehead atoms. The Morgan fingerprint density at radius 3 is 2.78 bits per heavy atom. The summed E-state index contributed by atoms with van der Waals surface area (Å²) >= 11 is 0. The van der Waals surface area contributed by atoms with E-state index in [1.807, 2.05) is 12.1 Å². The zero-order valence-electron chi connectivity index (χ0n) is 9.87. The van der Waals surface area contributed by atoms with Crippen molar-refractivity contribution in [3.63, 3.8) is 0 Å². The molecule has 0 aliphatic heterocycles. The predicted molar refractivity (Wildman–Crippen MR) is 68.2 cm³/mol. The number of rotatable bonds is 3. The first-order valence-corrected chi connectivity index (χ1v) is 5.43. The summed E-state index contributed by atoms with van der Waals surface area (Å²) in [5.74, 6) is -0.334. The highest BCUT2D eigenvalue weighted by atomic mass is 16.2. The van der Waals surface area contributed by atoms with Gasteiger partial charge in [-0.2, -0.15) is 5.10 Å². The molecular formula is C13H12N4O. The first kappa shape index (κ1) is 11.9. The Bertz CT molecular complexity index is 552. The molecule has 0 saturated heterocycles. The second-order valence-electron chi connectivity index (χ2n) is 3.59. The molecule has 2 heterocycles. The van der Waals surface area contributed by atoms with Crippen molar-refractivity contribution >= 4 is 11.6 Å². The SMILES string of the molecule is CC(=NNC(=O)c1ccccn1)c1cccnc1. The molecule has 0 spiro atoms. The van der Waals surface area contributed by atoms with E-state index in [0.29, 0.717) is 11.4 Å². The van der Waals surface area contributed by atoms with Crippen LogP contribution in [-0.2, 0) is 0 Å². The molecule has 0 aliphatic carbocycles. The molecule has 2 rings (SSSR count). The third kappa shape index (κ3) is 2.98. The molecule has 0 aliphatic rings. The van der Waals surface area contributed by atoms with E-state index in [4.69, 9.17) is 0 Å².